The van der Waals surface area contributed by atoms with Gasteiger partial charge in [0.05, 0.1) is 12.0 Å². The predicted molar refractivity (Wildman–Crippen MR) is 122 cm³/mol. The highest BCUT2D eigenvalue weighted by molar-refractivity contribution is 7.89. The van der Waals surface area contributed by atoms with E-state index in [0.29, 0.717) is 30.4 Å². The van der Waals surface area contributed by atoms with Crippen molar-refractivity contribution >= 4 is 33.0 Å². The number of nitrogens with one attached hydrogen (secondary N) is 1. The molecule has 0 amide bonds. The number of sulfonamides is 1. The lowest BCUT2D eigenvalue weighted by Crippen LogP contribution is -2.32. The van der Waals surface area contributed by atoms with Crippen LogP contribution in [0.3, 0.4) is 0 Å². The van der Waals surface area contributed by atoms with Crippen LogP contribution in [-0.2, 0) is 16.6 Å². The second-order valence-electron chi connectivity index (χ2n) is 6.70. The van der Waals surface area contributed by atoms with E-state index in [1.807, 2.05) is 57.0 Å². The Hall–Kier alpha value is -2.16. The minimum Gasteiger partial charge on any atom is -0.497 e. The standard InChI is InChI=1S/C21H29N3O3S2/c1-6-24(7-2)29(25,26)19-12-11-16(3)20(14-19)22-21(28)23(4)15-17-9-8-10-18(13-17)27-5/h8-14H,6-7,15H2,1-5H3,(H,22,28). The molecule has 158 valence electrons. The fraction of sp³-hybridized carbons (Fsp3) is 0.381. The van der Waals surface area contributed by atoms with Gasteiger partial charge in [-0.2, -0.15) is 4.31 Å². The molecular weight excluding hydrogens is 406 g/mol. The van der Waals surface area contributed by atoms with Crippen LogP contribution in [-0.4, -0.2) is 50.0 Å². The van der Waals surface area contributed by atoms with Crippen molar-refractivity contribution < 1.29 is 13.2 Å². The number of hydrogen-bond donors (Lipinski definition) is 1. The monoisotopic (exact) mass is 435 g/mol. The second-order valence-corrected chi connectivity index (χ2v) is 9.03. The second kappa shape index (κ2) is 10.0. The van der Waals surface area contributed by atoms with Crippen LogP contribution in [0.25, 0.3) is 0 Å². The van der Waals surface area contributed by atoms with Gasteiger partial charge >= 0.3 is 0 Å². The summed E-state index contributed by atoms with van der Waals surface area (Å²) >= 11 is 5.54. The van der Waals surface area contributed by atoms with Crippen molar-refractivity contribution in [1.29, 1.82) is 0 Å². The molecule has 0 radical (unpaired) electrons. The Morgan fingerprint density at radius 3 is 2.45 bits per heavy atom. The van der Waals surface area contributed by atoms with Crippen LogP contribution >= 0.6 is 12.2 Å². The smallest absolute Gasteiger partial charge is 0.243 e. The fourth-order valence-electron chi connectivity index (χ4n) is 2.94. The number of anilines is 1. The van der Waals surface area contributed by atoms with Gasteiger partial charge in [-0.1, -0.05) is 32.0 Å². The highest BCUT2D eigenvalue weighted by Crippen LogP contribution is 2.23. The first-order valence-corrected chi connectivity index (χ1v) is 11.3. The van der Waals surface area contributed by atoms with E-state index in [1.165, 1.54) is 4.31 Å². The van der Waals surface area contributed by atoms with Gasteiger partial charge in [-0.05, 0) is 54.5 Å². The normalized spacial score (nSPS) is 11.4. The maximum Gasteiger partial charge on any atom is 0.243 e. The summed E-state index contributed by atoms with van der Waals surface area (Å²) in [4.78, 5) is 2.15. The van der Waals surface area contributed by atoms with Crippen LogP contribution in [0.1, 0.15) is 25.0 Å². The first-order valence-electron chi connectivity index (χ1n) is 9.48. The summed E-state index contributed by atoms with van der Waals surface area (Å²) in [6.07, 6.45) is 0. The van der Waals surface area contributed by atoms with Crippen LogP contribution in [0, 0.1) is 6.92 Å². The Kier molecular flexibility index (Phi) is 8.01. The van der Waals surface area contributed by atoms with E-state index >= 15 is 0 Å². The third kappa shape index (κ3) is 5.68. The van der Waals surface area contributed by atoms with Crippen molar-refractivity contribution in [2.24, 2.45) is 0 Å². The van der Waals surface area contributed by atoms with Crippen LogP contribution < -0.4 is 10.1 Å². The molecule has 0 bridgehead atoms. The molecule has 2 aromatic carbocycles. The number of aryl methyl sites for hydroxylation is 1. The molecule has 8 heteroatoms. The molecule has 0 atom stereocenters. The molecule has 0 aliphatic rings. The van der Waals surface area contributed by atoms with Crippen LogP contribution in [0.2, 0.25) is 0 Å². The molecule has 29 heavy (non-hydrogen) atoms. The minimum absolute atomic E-state index is 0.257. The van der Waals surface area contributed by atoms with E-state index in [1.54, 1.807) is 25.3 Å². The number of hydrogen-bond acceptors (Lipinski definition) is 4. The Labute approximate surface area is 179 Å². The Bertz CT molecular complexity index is 957. The molecule has 0 unspecified atom stereocenters. The van der Waals surface area contributed by atoms with E-state index < -0.39 is 10.0 Å². The van der Waals surface area contributed by atoms with E-state index in [-0.39, 0.29) is 4.90 Å². The fourth-order valence-corrected chi connectivity index (χ4v) is 4.60. The van der Waals surface area contributed by atoms with Crippen LogP contribution in [0.15, 0.2) is 47.4 Å². The van der Waals surface area contributed by atoms with Gasteiger partial charge < -0.3 is 15.0 Å². The Morgan fingerprint density at radius 2 is 1.83 bits per heavy atom. The minimum atomic E-state index is -3.53. The lowest BCUT2D eigenvalue weighted by Gasteiger charge is -2.23. The third-order valence-corrected chi connectivity index (χ3v) is 7.15. The molecule has 0 saturated heterocycles. The summed E-state index contributed by atoms with van der Waals surface area (Å²) < 4.78 is 32.3. The molecule has 6 nitrogen and oxygen atoms in total. The first-order chi connectivity index (χ1) is 13.7. The van der Waals surface area contributed by atoms with E-state index in [0.717, 1.165) is 16.9 Å². The molecule has 0 aliphatic carbocycles. The van der Waals surface area contributed by atoms with Gasteiger partial charge in [0.25, 0.3) is 0 Å². The number of ether oxygens (including phenoxy) is 1. The first kappa shape index (κ1) is 23.1. The van der Waals surface area contributed by atoms with Crippen molar-refractivity contribution in [2.75, 3.05) is 32.6 Å². The molecule has 0 fully saturated rings. The number of benzene rings is 2. The molecule has 0 saturated carbocycles. The van der Waals surface area contributed by atoms with Gasteiger partial charge in [0.15, 0.2) is 5.11 Å². The molecular formula is C21H29N3O3S2. The summed E-state index contributed by atoms with van der Waals surface area (Å²) in [5.74, 6) is 0.792. The average Bonchev–Trinajstić information content (AvgIpc) is 2.70. The van der Waals surface area contributed by atoms with Crippen LogP contribution in [0.4, 0.5) is 5.69 Å². The highest BCUT2D eigenvalue weighted by atomic mass is 32.2. The largest absolute Gasteiger partial charge is 0.497 e. The predicted octanol–water partition coefficient (Wildman–Crippen LogP) is 3.86. The van der Waals surface area contributed by atoms with Crippen molar-refractivity contribution in [2.45, 2.75) is 32.2 Å². The maximum absolute atomic E-state index is 12.8. The highest BCUT2D eigenvalue weighted by Gasteiger charge is 2.22. The summed E-state index contributed by atoms with van der Waals surface area (Å²) in [5.41, 5.74) is 2.66. The van der Waals surface area contributed by atoms with E-state index in [4.69, 9.17) is 17.0 Å². The summed E-state index contributed by atoms with van der Waals surface area (Å²) in [6.45, 7) is 7.03. The maximum atomic E-state index is 12.8. The number of thiocarbonyl (C=S) groups is 1. The zero-order valence-electron chi connectivity index (χ0n) is 17.6. The number of rotatable bonds is 8. The molecule has 0 heterocycles. The van der Waals surface area contributed by atoms with E-state index in [2.05, 4.69) is 5.32 Å². The van der Waals surface area contributed by atoms with Gasteiger partial charge in [0, 0.05) is 32.4 Å². The zero-order chi connectivity index (χ0) is 21.6. The summed E-state index contributed by atoms with van der Waals surface area (Å²) in [7, 11) is -0.00471. The van der Waals surface area contributed by atoms with Gasteiger partial charge in [-0.15, -0.1) is 0 Å². The number of methoxy groups -OCH3 is 1. The molecule has 0 spiro atoms. The summed E-state index contributed by atoms with van der Waals surface area (Å²) in [6, 6.07) is 12.9. The lowest BCUT2D eigenvalue weighted by molar-refractivity contribution is 0.413. The zero-order valence-corrected chi connectivity index (χ0v) is 19.2. The summed E-state index contributed by atoms with van der Waals surface area (Å²) in [5, 5.41) is 3.70. The Balaban J connectivity index is 2.19. The van der Waals surface area contributed by atoms with Crippen molar-refractivity contribution in [3.8, 4) is 5.75 Å². The van der Waals surface area contributed by atoms with Crippen molar-refractivity contribution in [3.63, 3.8) is 0 Å². The van der Waals surface area contributed by atoms with Gasteiger partial charge in [-0.3, -0.25) is 0 Å². The van der Waals surface area contributed by atoms with Crippen molar-refractivity contribution in [3.05, 3.63) is 53.6 Å². The van der Waals surface area contributed by atoms with Gasteiger partial charge in [0.1, 0.15) is 5.75 Å². The molecule has 0 aliphatic heterocycles. The van der Waals surface area contributed by atoms with Gasteiger partial charge in [-0.25, -0.2) is 8.42 Å². The Morgan fingerprint density at radius 1 is 1.14 bits per heavy atom. The number of nitrogens with zero attached hydrogens (tertiary/aromatic N) is 2. The quantitative estimate of drug-likeness (QED) is 0.636. The van der Waals surface area contributed by atoms with E-state index in [9.17, 15) is 8.42 Å². The SMILES string of the molecule is CCN(CC)S(=O)(=O)c1ccc(C)c(NC(=S)N(C)Cc2cccc(OC)c2)c1. The average molecular weight is 436 g/mol. The van der Waals surface area contributed by atoms with Crippen LogP contribution in [0.5, 0.6) is 5.75 Å². The topological polar surface area (TPSA) is 61.9 Å². The molecule has 2 aromatic rings. The molecule has 1 N–H and O–H groups in total. The third-order valence-electron chi connectivity index (χ3n) is 4.69. The lowest BCUT2D eigenvalue weighted by atomic mass is 10.2. The molecule has 0 aromatic heterocycles. The molecule has 2 rings (SSSR count). The van der Waals surface area contributed by atoms with Crippen molar-refractivity contribution in [1.82, 2.24) is 9.21 Å². The van der Waals surface area contributed by atoms with Gasteiger partial charge in [0.2, 0.25) is 10.0 Å².